The summed E-state index contributed by atoms with van der Waals surface area (Å²) in [6.07, 6.45) is 3.51. The molecule has 2 aromatic heterocycles. The molecule has 6 heteroatoms. The largest absolute Gasteiger partial charge is 0.351 e. The number of hydrogen-bond donors (Lipinski definition) is 2. The predicted octanol–water partition coefficient (Wildman–Crippen LogP) is 2.86. The Kier molecular flexibility index (Phi) is 4.10. The van der Waals surface area contributed by atoms with Gasteiger partial charge in [0.05, 0.1) is 0 Å². The zero-order chi connectivity index (χ0) is 17.1. The van der Waals surface area contributed by atoms with Crippen LogP contribution in [0.3, 0.4) is 0 Å². The van der Waals surface area contributed by atoms with Gasteiger partial charge < -0.3 is 11.1 Å². The number of rotatable bonds is 5. The van der Waals surface area contributed by atoms with Gasteiger partial charge in [0.1, 0.15) is 6.33 Å². The summed E-state index contributed by atoms with van der Waals surface area (Å²) in [5.41, 5.74) is 10.8. The molecule has 2 aromatic carbocycles. The molecule has 0 aliphatic rings. The third-order valence-electron chi connectivity index (χ3n) is 4.10. The lowest BCUT2D eigenvalue weighted by atomic mass is 10.1. The first-order valence-corrected chi connectivity index (χ1v) is 8.11. The molecule has 6 nitrogen and oxygen atoms in total. The van der Waals surface area contributed by atoms with Gasteiger partial charge in [-0.05, 0) is 16.7 Å². The van der Waals surface area contributed by atoms with Crippen molar-refractivity contribution in [3.8, 4) is 11.1 Å². The van der Waals surface area contributed by atoms with Crippen LogP contribution >= 0.6 is 0 Å². The van der Waals surface area contributed by atoms with E-state index >= 15 is 0 Å². The van der Waals surface area contributed by atoms with Crippen LogP contribution in [-0.4, -0.2) is 19.6 Å². The molecule has 4 rings (SSSR count). The van der Waals surface area contributed by atoms with Gasteiger partial charge in [0.15, 0.2) is 5.65 Å². The molecule has 0 saturated heterocycles. The minimum absolute atomic E-state index is 0.535. The van der Waals surface area contributed by atoms with E-state index in [-0.39, 0.29) is 0 Å². The van der Waals surface area contributed by atoms with Crippen LogP contribution in [0.1, 0.15) is 11.1 Å². The molecule has 0 amide bonds. The summed E-state index contributed by atoms with van der Waals surface area (Å²) in [6.45, 7) is 1.19. The quantitative estimate of drug-likeness (QED) is 0.588. The van der Waals surface area contributed by atoms with E-state index in [4.69, 9.17) is 5.73 Å². The molecule has 0 bridgehead atoms. The smallest absolute Gasteiger partial charge is 0.210 e. The minimum Gasteiger partial charge on any atom is -0.351 e. The lowest BCUT2D eigenvalue weighted by Gasteiger charge is -2.10. The van der Waals surface area contributed by atoms with Gasteiger partial charge in [-0.25, -0.2) is 4.98 Å². The summed E-state index contributed by atoms with van der Waals surface area (Å²) >= 11 is 0. The highest BCUT2D eigenvalue weighted by atomic mass is 15.3. The standard InChI is InChI=1S/C19H18N6/c20-10-14-5-4-6-15(9-14)11-21-19-22-12-17(16-7-2-1-3-8-16)18-24-23-13-25(18)19/h1-9,12-13H,10-11,20H2,(H,21,22). The van der Waals surface area contributed by atoms with Crippen molar-refractivity contribution >= 4 is 11.6 Å². The van der Waals surface area contributed by atoms with Gasteiger partial charge in [-0.1, -0.05) is 54.6 Å². The molecular formula is C19H18N6. The number of nitrogens with zero attached hydrogens (tertiary/aromatic N) is 4. The van der Waals surface area contributed by atoms with Crippen LogP contribution in [0.5, 0.6) is 0 Å². The number of benzene rings is 2. The molecular weight excluding hydrogens is 312 g/mol. The second-order valence-corrected chi connectivity index (χ2v) is 5.76. The maximum Gasteiger partial charge on any atom is 0.210 e. The van der Waals surface area contributed by atoms with Crippen molar-refractivity contribution in [2.75, 3.05) is 5.32 Å². The summed E-state index contributed by atoms with van der Waals surface area (Å²) in [5, 5.41) is 11.7. The van der Waals surface area contributed by atoms with Gasteiger partial charge in [-0.15, -0.1) is 10.2 Å². The summed E-state index contributed by atoms with van der Waals surface area (Å²) in [5.74, 6) is 0.706. The van der Waals surface area contributed by atoms with Gasteiger partial charge in [0, 0.05) is 24.8 Å². The maximum atomic E-state index is 5.71. The van der Waals surface area contributed by atoms with E-state index in [0.29, 0.717) is 19.0 Å². The fourth-order valence-corrected chi connectivity index (χ4v) is 2.82. The molecule has 0 aliphatic heterocycles. The van der Waals surface area contributed by atoms with Crippen LogP contribution in [0, 0.1) is 0 Å². The first-order valence-electron chi connectivity index (χ1n) is 8.11. The Morgan fingerprint density at radius 1 is 1.00 bits per heavy atom. The molecule has 0 unspecified atom stereocenters. The fourth-order valence-electron chi connectivity index (χ4n) is 2.82. The Balaban J connectivity index is 1.64. The van der Waals surface area contributed by atoms with Crippen molar-refractivity contribution in [1.29, 1.82) is 0 Å². The van der Waals surface area contributed by atoms with Crippen molar-refractivity contribution in [2.24, 2.45) is 5.73 Å². The normalized spacial score (nSPS) is 10.9. The molecule has 3 N–H and O–H groups in total. The van der Waals surface area contributed by atoms with Crippen molar-refractivity contribution in [3.05, 3.63) is 78.2 Å². The topological polar surface area (TPSA) is 81.1 Å². The van der Waals surface area contributed by atoms with E-state index in [2.05, 4.69) is 32.6 Å². The van der Waals surface area contributed by atoms with Gasteiger partial charge in [0.25, 0.3) is 0 Å². The Morgan fingerprint density at radius 3 is 2.68 bits per heavy atom. The summed E-state index contributed by atoms with van der Waals surface area (Å²) < 4.78 is 1.87. The SMILES string of the molecule is NCc1cccc(CNc2ncc(-c3ccccc3)c3nncn23)c1. The summed E-state index contributed by atoms with van der Waals surface area (Å²) in [6, 6.07) is 18.3. The Labute approximate surface area is 145 Å². The van der Waals surface area contributed by atoms with Crippen LogP contribution < -0.4 is 11.1 Å². The van der Waals surface area contributed by atoms with E-state index in [0.717, 1.165) is 27.9 Å². The van der Waals surface area contributed by atoms with Crippen LogP contribution in [0.25, 0.3) is 16.8 Å². The zero-order valence-corrected chi connectivity index (χ0v) is 13.6. The van der Waals surface area contributed by atoms with Gasteiger partial charge >= 0.3 is 0 Å². The lowest BCUT2D eigenvalue weighted by molar-refractivity contribution is 1.00. The lowest BCUT2D eigenvalue weighted by Crippen LogP contribution is -2.07. The average molecular weight is 330 g/mol. The first kappa shape index (κ1) is 15.3. The van der Waals surface area contributed by atoms with E-state index in [9.17, 15) is 0 Å². The first-order chi connectivity index (χ1) is 12.3. The van der Waals surface area contributed by atoms with Crippen LogP contribution in [0.4, 0.5) is 5.95 Å². The van der Waals surface area contributed by atoms with Gasteiger partial charge in [-0.2, -0.15) is 0 Å². The van der Waals surface area contributed by atoms with E-state index in [1.165, 1.54) is 0 Å². The zero-order valence-electron chi connectivity index (χ0n) is 13.6. The number of anilines is 1. The molecule has 0 aliphatic carbocycles. The van der Waals surface area contributed by atoms with Crippen LogP contribution in [-0.2, 0) is 13.1 Å². The highest BCUT2D eigenvalue weighted by Gasteiger charge is 2.10. The van der Waals surface area contributed by atoms with Gasteiger partial charge in [-0.3, -0.25) is 4.40 Å². The third kappa shape index (κ3) is 3.07. The molecule has 0 fully saturated rings. The second kappa shape index (κ2) is 6.70. The van der Waals surface area contributed by atoms with Gasteiger partial charge in [0.2, 0.25) is 5.95 Å². The average Bonchev–Trinajstić information content (AvgIpc) is 3.17. The third-order valence-corrected chi connectivity index (χ3v) is 4.10. The Morgan fingerprint density at radius 2 is 1.84 bits per heavy atom. The van der Waals surface area contributed by atoms with Crippen LogP contribution in [0.2, 0.25) is 0 Å². The number of nitrogens with two attached hydrogens (primary N) is 1. The molecule has 124 valence electrons. The minimum atomic E-state index is 0.535. The summed E-state index contributed by atoms with van der Waals surface area (Å²) in [7, 11) is 0. The highest BCUT2D eigenvalue weighted by molar-refractivity contribution is 5.77. The number of aromatic nitrogens is 4. The molecule has 4 aromatic rings. The number of nitrogens with one attached hydrogen (secondary N) is 1. The fraction of sp³-hybridized carbons (Fsp3) is 0.105. The van der Waals surface area contributed by atoms with E-state index < -0.39 is 0 Å². The molecule has 0 spiro atoms. The highest BCUT2D eigenvalue weighted by Crippen LogP contribution is 2.24. The Hall–Kier alpha value is -3.25. The molecule has 0 saturated carbocycles. The Bertz CT molecular complexity index is 993. The summed E-state index contributed by atoms with van der Waals surface area (Å²) in [4.78, 5) is 4.56. The van der Waals surface area contributed by atoms with Crippen molar-refractivity contribution in [2.45, 2.75) is 13.1 Å². The van der Waals surface area contributed by atoms with Crippen molar-refractivity contribution in [3.63, 3.8) is 0 Å². The molecule has 25 heavy (non-hydrogen) atoms. The molecule has 0 radical (unpaired) electrons. The number of fused-ring (bicyclic) bond motifs is 1. The predicted molar refractivity (Wildman–Crippen MR) is 97.9 cm³/mol. The van der Waals surface area contributed by atoms with Crippen LogP contribution in [0.15, 0.2) is 67.1 Å². The maximum absolute atomic E-state index is 5.71. The monoisotopic (exact) mass is 330 g/mol. The van der Waals surface area contributed by atoms with E-state index in [1.54, 1.807) is 6.33 Å². The molecule has 0 atom stereocenters. The molecule has 2 heterocycles. The van der Waals surface area contributed by atoms with Crippen molar-refractivity contribution < 1.29 is 0 Å². The van der Waals surface area contributed by atoms with Crippen molar-refractivity contribution in [1.82, 2.24) is 19.6 Å². The second-order valence-electron chi connectivity index (χ2n) is 5.76. The van der Waals surface area contributed by atoms with E-state index in [1.807, 2.05) is 53.1 Å². The number of hydrogen-bond acceptors (Lipinski definition) is 5.